The normalized spacial score (nSPS) is 19.8. The second kappa shape index (κ2) is 9.26. The first-order valence-electron chi connectivity index (χ1n) is 10.7. The molecule has 1 amide bonds. The van der Waals surface area contributed by atoms with Crippen LogP contribution in [0.15, 0.2) is 60.8 Å². The van der Waals surface area contributed by atoms with Gasteiger partial charge >= 0.3 is 0 Å². The number of amides is 1. The number of likely N-dealkylation sites (N-methyl/N-ethyl adjacent to an activating group) is 1. The Labute approximate surface area is 178 Å². The molecule has 30 heavy (non-hydrogen) atoms. The van der Waals surface area contributed by atoms with E-state index in [4.69, 9.17) is 0 Å². The zero-order valence-corrected chi connectivity index (χ0v) is 17.7. The molecule has 4 rings (SSSR count). The van der Waals surface area contributed by atoms with E-state index in [1.165, 1.54) is 12.0 Å². The van der Waals surface area contributed by atoms with Crippen molar-refractivity contribution >= 4 is 5.91 Å². The summed E-state index contributed by atoms with van der Waals surface area (Å²) in [4.78, 5) is 21.1. The molecule has 0 aliphatic carbocycles. The third-order valence-electron chi connectivity index (χ3n) is 6.14. The summed E-state index contributed by atoms with van der Waals surface area (Å²) in [5.41, 5.74) is 3.00. The lowest BCUT2D eigenvalue weighted by molar-refractivity contribution is 0.0705. The summed E-state index contributed by atoms with van der Waals surface area (Å²) in [6.07, 6.45) is 12.7. The van der Waals surface area contributed by atoms with Crippen molar-refractivity contribution in [2.45, 2.75) is 38.3 Å². The van der Waals surface area contributed by atoms with Crippen LogP contribution in [0, 0.1) is 0 Å². The Morgan fingerprint density at radius 3 is 2.67 bits per heavy atom. The number of hydrogen-bond donors (Lipinski definition) is 1. The Hall–Kier alpha value is -2.93. The Morgan fingerprint density at radius 1 is 1.20 bits per heavy atom. The zero-order valence-electron chi connectivity index (χ0n) is 17.7. The summed E-state index contributed by atoms with van der Waals surface area (Å²) < 4.78 is 1.68. The molecule has 2 aliphatic rings. The molecule has 0 saturated carbocycles. The first-order valence-corrected chi connectivity index (χ1v) is 10.7. The van der Waals surface area contributed by atoms with Crippen LogP contribution in [0.25, 0.3) is 5.69 Å². The molecule has 1 aromatic carbocycles. The average Bonchev–Trinajstić information content (AvgIpc) is 3.32. The second-order valence-electron chi connectivity index (χ2n) is 8.05. The van der Waals surface area contributed by atoms with E-state index in [1.807, 2.05) is 29.2 Å². The maximum absolute atomic E-state index is 12.8. The van der Waals surface area contributed by atoms with Gasteiger partial charge in [0.05, 0.1) is 5.69 Å². The molecular formula is C23H30N6O. The van der Waals surface area contributed by atoms with Gasteiger partial charge in [-0.3, -0.25) is 4.79 Å². The quantitative estimate of drug-likeness (QED) is 0.799. The molecular weight excluding hydrogens is 376 g/mol. The number of aromatic nitrogens is 3. The monoisotopic (exact) mass is 406 g/mol. The number of hydrogen-bond acceptors (Lipinski definition) is 5. The van der Waals surface area contributed by atoms with E-state index in [-0.39, 0.29) is 5.91 Å². The number of rotatable bonds is 6. The fourth-order valence-electron chi connectivity index (χ4n) is 4.07. The van der Waals surface area contributed by atoms with E-state index in [1.54, 1.807) is 11.0 Å². The summed E-state index contributed by atoms with van der Waals surface area (Å²) in [5.74, 6) is 0.105. The van der Waals surface area contributed by atoms with Crippen LogP contribution < -0.4 is 5.32 Å². The summed E-state index contributed by atoms with van der Waals surface area (Å²) in [6.45, 7) is 4.78. The molecule has 1 saturated heterocycles. The van der Waals surface area contributed by atoms with Gasteiger partial charge in [0.15, 0.2) is 0 Å². The Kier molecular flexibility index (Phi) is 6.28. The van der Waals surface area contributed by atoms with E-state index in [0.29, 0.717) is 12.1 Å². The molecule has 3 heterocycles. The van der Waals surface area contributed by atoms with Crippen LogP contribution in [-0.4, -0.2) is 69.2 Å². The van der Waals surface area contributed by atoms with E-state index in [0.717, 1.165) is 50.1 Å². The van der Waals surface area contributed by atoms with Crippen LogP contribution >= 0.6 is 0 Å². The van der Waals surface area contributed by atoms with Crippen LogP contribution in [0.2, 0.25) is 0 Å². The molecule has 158 valence electrons. The van der Waals surface area contributed by atoms with Crippen LogP contribution in [0.5, 0.6) is 0 Å². The highest BCUT2D eigenvalue weighted by Gasteiger charge is 2.23. The van der Waals surface area contributed by atoms with Gasteiger partial charge in [0.1, 0.15) is 12.7 Å². The molecule has 1 fully saturated rings. The van der Waals surface area contributed by atoms with Gasteiger partial charge in [0.2, 0.25) is 0 Å². The predicted molar refractivity (Wildman–Crippen MR) is 117 cm³/mol. The molecule has 7 heteroatoms. The van der Waals surface area contributed by atoms with Crippen molar-refractivity contribution in [1.29, 1.82) is 0 Å². The van der Waals surface area contributed by atoms with E-state index in [2.05, 4.69) is 52.5 Å². The molecule has 1 atom stereocenters. The van der Waals surface area contributed by atoms with Gasteiger partial charge in [-0.25, -0.2) is 9.67 Å². The molecule has 0 radical (unpaired) electrons. The summed E-state index contributed by atoms with van der Waals surface area (Å²) in [6, 6.07) is 8.49. The average molecular weight is 407 g/mol. The number of piperidine rings is 1. The lowest BCUT2D eigenvalue weighted by Gasteiger charge is -2.33. The topological polar surface area (TPSA) is 66.3 Å². The molecule has 0 spiro atoms. The number of carbonyl (C=O) groups excluding carboxylic acids is 1. The Bertz CT molecular complexity index is 894. The molecule has 1 N–H and O–H groups in total. The minimum absolute atomic E-state index is 0.105. The number of likely N-dealkylation sites (tertiary alicyclic amines) is 1. The van der Waals surface area contributed by atoms with Gasteiger partial charge in [-0.1, -0.05) is 12.2 Å². The Balaban J connectivity index is 1.23. The third-order valence-corrected chi connectivity index (χ3v) is 6.14. The molecule has 0 bridgehead atoms. The standard InChI is InChI=1S/C23H30N6O/c1-18-4-3-5-21(27(18)2)10-13-25-20-11-14-28(15-12-20)23(30)19-6-8-22(9-7-19)29-17-24-16-26-29/h3-9,16-18,20,25H,10-15H2,1-2H3. The number of benzene rings is 1. The smallest absolute Gasteiger partial charge is 0.253 e. The van der Waals surface area contributed by atoms with Gasteiger partial charge in [-0.15, -0.1) is 0 Å². The van der Waals surface area contributed by atoms with E-state index >= 15 is 0 Å². The lowest BCUT2D eigenvalue weighted by Crippen LogP contribution is -2.45. The highest BCUT2D eigenvalue weighted by molar-refractivity contribution is 5.94. The highest BCUT2D eigenvalue weighted by Crippen LogP contribution is 2.18. The first kappa shape index (κ1) is 20.3. The number of carbonyl (C=O) groups is 1. The highest BCUT2D eigenvalue weighted by atomic mass is 16.2. The molecule has 1 unspecified atom stereocenters. The molecule has 1 aromatic heterocycles. The zero-order chi connectivity index (χ0) is 20.9. The van der Waals surface area contributed by atoms with Crippen LogP contribution in [0.1, 0.15) is 36.5 Å². The van der Waals surface area contributed by atoms with Gasteiger partial charge in [-0.05, 0) is 56.5 Å². The van der Waals surface area contributed by atoms with Crippen molar-refractivity contribution in [3.05, 3.63) is 66.4 Å². The number of nitrogens with zero attached hydrogens (tertiary/aromatic N) is 5. The first-order chi connectivity index (χ1) is 14.6. The third kappa shape index (κ3) is 4.62. The second-order valence-corrected chi connectivity index (χ2v) is 8.05. The van der Waals surface area contributed by atoms with Gasteiger partial charge in [-0.2, -0.15) is 5.10 Å². The van der Waals surface area contributed by atoms with Crippen LogP contribution in [-0.2, 0) is 0 Å². The molecule has 2 aromatic rings. The van der Waals surface area contributed by atoms with Crippen molar-refractivity contribution in [3.8, 4) is 5.69 Å². The van der Waals surface area contributed by atoms with Crippen molar-refractivity contribution in [3.63, 3.8) is 0 Å². The van der Waals surface area contributed by atoms with Crippen molar-refractivity contribution in [2.75, 3.05) is 26.7 Å². The predicted octanol–water partition coefficient (Wildman–Crippen LogP) is 2.63. The number of allylic oxidation sites excluding steroid dienone is 2. The minimum Gasteiger partial charge on any atom is -0.372 e. The van der Waals surface area contributed by atoms with Gasteiger partial charge < -0.3 is 15.1 Å². The maximum Gasteiger partial charge on any atom is 0.253 e. The van der Waals surface area contributed by atoms with Crippen molar-refractivity contribution in [2.24, 2.45) is 0 Å². The maximum atomic E-state index is 12.8. The van der Waals surface area contributed by atoms with E-state index in [9.17, 15) is 4.79 Å². The lowest BCUT2D eigenvalue weighted by atomic mass is 10.0. The van der Waals surface area contributed by atoms with Crippen LogP contribution in [0.3, 0.4) is 0 Å². The largest absolute Gasteiger partial charge is 0.372 e. The SMILES string of the molecule is CC1C=CC=C(CCNC2CCN(C(=O)c3ccc(-n4cncn4)cc3)CC2)N1C. The van der Waals surface area contributed by atoms with E-state index < -0.39 is 0 Å². The fourth-order valence-corrected chi connectivity index (χ4v) is 4.07. The summed E-state index contributed by atoms with van der Waals surface area (Å²) in [5, 5.41) is 7.80. The van der Waals surface area contributed by atoms with Crippen molar-refractivity contribution < 1.29 is 4.79 Å². The summed E-state index contributed by atoms with van der Waals surface area (Å²) >= 11 is 0. The minimum atomic E-state index is 0.105. The summed E-state index contributed by atoms with van der Waals surface area (Å²) in [7, 11) is 2.16. The Morgan fingerprint density at radius 2 is 1.97 bits per heavy atom. The fraction of sp³-hybridized carbons (Fsp3) is 0.435. The number of nitrogens with one attached hydrogen (secondary N) is 1. The molecule has 7 nitrogen and oxygen atoms in total. The van der Waals surface area contributed by atoms with Crippen molar-refractivity contribution in [1.82, 2.24) is 29.9 Å². The van der Waals surface area contributed by atoms with Gasteiger partial charge in [0.25, 0.3) is 5.91 Å². The van der Waals surface area contributed by atoms with Crippen LogP contribution in [0.4, 0.5) is 0 Å². The van der Waals surface area contributed by atoms with Gasteiger partial charge in [0, 0.05) is 50.0 Å². The molecule has 2 aliphatic heterocycles.